The first kappa shape index (κ1) is 15.5. The number of hydrogen-bond acceptors (Lipinski definition) is 3. The van der Waals surface area contributed by atoms with Crippen LogP contribution in [0.2, 0.25) is 0 Å². The number of aryl methyl sites for hydroxylation is 1. The van der Waals surface area contributed by atoms with Gasteiger partial charge in [0, 0.05) is 19.4 Å². The minimum absolute atomic E-state index is 0.120. The van der Waals surface area contributed by atoms with Crippen molar-refractivity contribution in [3.8, 4) is 0 Å². The Bertz CT molecular complexity index is 564. The van der Waals surface area contributed by atoms with Gasteiger partial charge in [0.1, 0.15) is 13.1 Å². The quantitative estimate of drug-likeness (QED) is 0.866. The van der Waals surface area contributed by atoms with Gasteiger partial charge in [0.15, 0.2) is 0 Å². The molecule has 0 fully saturated rings. The lowest BCUT2D eigenvalue weighted by molar-refractivity contribution is -0.146. The van der Waals surface area contributed by atoms with E-state index in [-0.39, 0.29) is 9.20 Å². The van der Waals surface area contributed by atoms with Gasteiger partial charge in [0.05, 0.1) is 4.90 Å². The molecule has 6 nitrogen and oxygen atoms in total. The summed E-state index contributed by atoms with van der Waals surface area (Å²) in [6.07, 6.45) is -2.39. The van der Waals surface area contributed by atoms with E-state index in [1.54, 1.807) is 0 Å². The summed E-state index contributed by atoms with van der Waals surface area (Å²) in [5, 5.41) is 8.52. The molecule has 1 heterocycles. The van der Waals surface area contributed by atoms with Crippen molar-refractivity contribution in [3.63, 3.8) is 0 Å². The molecule has 0 bridgehead atoms. The Morgan fingerprint density at radius 3 is 2.42 bits per heavy atom. The predicted octanol–water partition coefficient (Wildman–Crippen LogP) is 0.663. The molecule has 0 saturated carbocycles. The van der Waals surface area contributed by atoms with Crippen LogP contribution in [0.1, 0.15) is 0 Å². The summed E-state index contributed by atoms with van der Waals surface area (Å²) in [7, 11) is -3.01. The van der Waals surface area contributed by atoms with Crippen molar-refractivity contribution in [2.75, 3.05) is 13.1 Å². The molecule has 0 atom stereocenters. The fraction of sp³-hybridized carbons (Fsp3) is 0.444. The highest BCUT2D eigenvalue weighted by Gasteiger charge is 2.38. The highest BCUT2D eigenvalue weighted by atomic mass is 32.2. The summed E-state index contributed by atoms with van der Waals surface area (Å²) >= 11 is 0. The fourth-order valence-corrected chi connectivity index (χ4v) is 2.78. The number of carbonyl (C=O) groups is 1. The number of carboxylic acids is 1. The second-order valence-electron chi connectivity index (χ2n) is 3.79. The third-order valence-corrected chi connectivity index (χ3v) is 3.89. The average Bonchev–Trinajstić information content (AvgIpc) is 2.61. The van der Waals surface area contributed by atoms with Crippen molar-refractivity contribution in [1.82, 2.24) is 8.87 Å². The van der Waals surface area contributed by atoms with Gasteiger partial charge < -0.3 is 9.67 Å². The van der Waals surface area contributed by atoms with Gasteiger partial charge in [0.25, 0.3) is 0 Å². The maximum atomic E-state index is 12.3. The number of aromatic nitrogens is 1. The molecule has 108 valence electrons. The summed E-state index contributed by atoms with van der Waals surface area (Å²) in [5.41, 5.74) is 0. The molecule has 1 N–H and O–H groups in total. The van der Waals surface area contributed by atoms with Gasteiger partial charge in [0.2, 0.25) is 10.0 Å². The summed E-state index contributed by atoms with van der Waals surface area (Å²) < 4.78 is 61.9. The third kappa shape index (κ3) is 4.24. The zero-order chi connectivity index (χ0) is 14.8. The number of hydrogen-bond donors (Lipinski definition) is 1. The van der Waals surface area contributed by atoms with Crippen LogP contribution in [0.4, 0.5) is 13.2 Å². The van der Waals surface area contributed by atoms with Gasteiger partial charge in [-0.15, -0.1) is 0 Å². The maximum Gasteiger partial charge on any atom is 0.402 e. The molecule has 10 heteroatoms. The SMILES string of the molecule is Cn1ccc(S(=O)(=O)N(CC(=O)O)CC(F)(F)F)c1. The number of rotatable bonds is 5. The van der Waals surface area contributed by atoms with Crippen molar-refractivity contribution in [3.05, 3.63) is 18.5 Å². The van der Waals surface area contributed by atoms with E-state index in [1.807, 2.05) is 0 Å². The van der Waals surface area contributed by atoms with E-state index >= 15 is 0 Å². The standard InChI is InChI=1S/C9H11F3N2O4S/c1-13-3-2-7(4-13)19(17,18)14(5-8(15)16)6-9(10,11)12/h2-4H,5-6H2,1H3,(H,15,16). The minimum atomic E-state index is -4.82. The van der Waals surface area contributed by atoms with Gasteiger partial charge in [-0.25, -0.2) is 8.42 Å². The number of alkyl halides is 3. The molecular formula is C9H11F3N2O4S. The molecule has 0 radical (unpaired) electrons. The second-order valence-corrected chi connectivity index (χ2v) is 5.73. The van der Waals surface area contributed by atoms with Crippen molar-refractivity contribution >= 4 is 16.0 Å². The molecule has 0 aliphatic rings. The Morgan fingerprint density at radius 2 is 2.05 bits per heavy atom. The number of halogens is 3. The lowest BCUT2D eigenvalue weighted by atomic mass is 10.5. The first-order chi connectivity index (χ1) is 8.52. The number of nitrogens with zero attached hydrogens (tertiary/aromatic N) is 2. The average molecular weight is 300 g/mol. The van der Waals surface area contributed by atoms with Crippen molar-refractivity contribution in [2.24, 2.45) is 7.05 Å². The molecule has 0 saturated heterocycles. The van der Waals surface area contributed by atoms with Crippen LogP contribution in [0.25, 0.3) is 0 Å². The maximum absolute atomic E-state index is 12.3. The summed E-state index contributed by atoms with van der Waals surface area (Å²) in [4.78, 5) is 10.1. The molecular weight excluding hydrogens is 289 g/mol. The molecule has 1 aromatic rings. The second kappa shape index (κ2) is 5.21. The molecule has 0 unspecified atom stereocenters. The predicted molar refractivity (Wildman–Crippen MR) is 57.9 cm³/mol. The highest BCUT2D eigenvalue weighted by molar-refractivity contribution is 7.89. The topological polar surface area (TPSA) is 79.6 Å². The first-order valence-electron chi connectivity index (χ1n) is 4.93. The monoisotopic (exact) mass is 300 g/mol. The van der Waals surface area contributed by atoms with Crippen LogP contribution in [0.15, 0.2) is 23.4 Å². The van der Waals surface area contributed by atoms with Crippen LogP contribution in [-0.2, 0) is 21.9 Å². The Labute approximate surface area is 107 Å². The summed E-state index contributed by atoms with van der Waals surface area (Å²) in [6.45, 7) is -3.10. The van der Waals surface area contributed by atoms with Crippen molar-refractivity contribution in [2.45, 2.75) is 11.1 Å². The van der Waals surface area contributed by atoms with Gasteiger partial charge >= 0.3 is 12.1 Å². The van der Waals surface area contributed by atoms with Gasteiger partial charge in [-0.3, -0.25) is 4.79 Å². The first-order valence-corrected chi connectivity index (χ1v) is 6.37. The molecule has 1 rings (SSSR count). The Morgan fingerprint density at radius 1 is 1.47 bits per heavy atom. The molecule has 0 spiro atoms. The van der Waals surface area contributed by atoms with Crippen LogP contribution < -0.4 is 0 Å². The van der Waals surface area contributed by atoms with E-state index in [1.165, 1.54) is 17.8 Å². The highest BCUT2D eigenvalue weighted by Crippen LogP contribution is 2.22. The van der Waals surface area contributed by atoms with Crippen LogP contribution in [0.3, 0.4) is 0 Å². The largest absolute Gasteiger partial charge is 0.480 e. The van der Waals surface area contributed by atoms with E-state index in [0.717, 1.165) is 12.3 Å². The van der Waals surface area contributed by atoms with E-state index < -0.39 is 35.3 Å². The Kier molecular flexibility index (Phi) is 4.25. The van der Waals surface area contributed by atoms with Gasteiger partial charge in [-0.2, -0.15) is 17.5 Å². The number of aliphatic carboxylic acids is 1. The van der Waals surface area contributed by atoms with Crippen molar-refractivity contribution < 1.29 is 31.5 Å². The zero-order valence-electron chi connectivity index (χ0n) is 9.75. The lowest BCUT2D eigenvalue weighted by Gasteiger charge is -2.20. The van der Waals surface area contributed by atoms with Crippen LogP contribution in [0, 0.1) is 0 Å². The molecule has 19 heavy (non-hydrogen) atoms. The Hall–Kier alpha value is -1.55. The minimum Gasteiger partial charge on any atom is -0.480 e. The molecule has 0 amide bonds. The zero-order valence-corrected chi connectivity index (χ0v) is 10.6. The van der Waals surface area contributed by atoms with Crippen LogP contribution in [-0.4, -0.2) is 47.6 Å². The van der Waals surface area contributed by atoms with Gasteiger partial charge in [-0.1, -0.05) is 0 Å². The van der Waals surface area contributed by atoms with Crippen LogP contribution >= 0.6 is 0 Å². The smallest absolute Gasteiger partial charge is 0.402 e. The molecule has 1 aromatic heterocycles. The van der Waals surface area contributed by atoms with Gasteiger partial charge in [-0.05, 0) is 6.07 Å². The molecule has 0 aromatic carbocycles. The Balaban J connectivity index is 3.12. The van der Waals surface area contributed by atoms with Crippen molar-refractivity contribution in [1.29, 1.82) is 0 Å². The number of carboxylic acid groups (broad SMARTS) is 1. The van der Waals surface area contributed by atoms with E-state index in [2.05, 4.69) is 0 Å². The normalized spacial score (nSPS) is 12.9. The van der Waals surface area contributed by atoms with E-state index in [9.17, 15) is 26.4 Å². The summed E-state index contributed by atoms with van der Waals surface area (Å²) in [5.74, 6) is -1.66. The lowest BCUT2D eigenvalue weighted by Crippen LogP contribution is -2.41. The van der Waals surface area contributed by atoms with E-state index in [0.29, 0.717) is 0 Å². The van der Waals surface area contributed by atoms with E-state index in [4.69, 9.17) is 5.11 Å². The fourth-order valence-electron chi connectivity index (χ4n) is 1.36. The third-order valence-electron chi connectivity index (χ3n) is 2.11. The number of sulfonamides is 1. The molecule has 0 aliphatic heterocycles. The summed E-state index contributed by atoms with van der Waals surface area (Å²) in [6, 6.07) is 1.10. The molecule has 0 aliphatic carbocycles. The van der Waals surface area contributed by atoms with Crippen LogP contribution in [0.5, 0.6) is 0 Å².